The van der Waals surface area contributed by atoms with Gasteiger partial charge in [0.05, 0.1) is 0 Å². The van der Waals surface area contributed by atoms with E-state index in [9.17, 15) is 4.79 Å². The van der Waals surface area contributed by atoms with E-state index >= 15 is 0 Å². The van der Waals surface area contributed by atoms with Crippen molar-refractivity contribution >= 4 is 5.97 Å². The Bertz CT molecular complexity index is 403. The first-order valence-corrected chi connectivity index (χ1v) is 9.66. The van der Waals surface area contributed by atoms with Crippen LogP contribution in [0, 0.1) is 0 Å². The molecule has 0 fully saturated rings. The fraction of sp³-hybridized carbons (Fsp3) is 0.667. The average Bonchev–Trinajstić information content (AvgIpc) is 2.61. The molecule has 0 unspecified atom stereocenters. The Morgan fingerprint density at radius 2 is 1.38 bits per heavy atom. The maximum atomic E-state index is 11.6. The molecule has 0 aliphatic carbocycles. The molecule has 0 atom stereocenters. The smallest absolute Gasteiger partial charge is 0.305 e. The van der Waals surface area contributed by atoms with Crippen molar-refractivity contribution in [2.24, 2.45) is 0 Å². The van der Waals surface area contributed by atoms with Gasteiger partial charge in [0.15, 0.2) is 0 Å². The first-order chi connectivity index (χ1) is 11.8. The molecule has 0 radical (unpaired) electrons. The first-order valence-electron chi connectivity index (χ1n) is 9.66. The van der Waals surface area contributed by atoms with Crippen LogP contribution in [-0.2, 0) is 9.53 Å². The zero-order chi connectivity index (χ0) is 17.3. The summed E-state index contributed by atoms with van der Waals surface area (Å²) in [5, 5.41) is 0. The van der Waals surface area contributed by atoms with Gasteiger partial charge < -0.3 is 9.47 Å². The summed E-state index contributed by atoms with van der Waals surface area (Å²) in [7, 11) is 0. The Morgan fingerprint density at radius 3 is 2.00 bits per heavy atom. The number of hydrogen-bond donors (Lipinski definition) is 0. The van der Waals surface area contributed by atoms with Gasteiger partial charge in [-0.1, -0.05) is 82.9 Å². The van der Waals surface area contributed by atoms with Gasteiger partial charge >= 0.3 is 5.97 Å². The van der Waals surface area contributed by atoms with Gasteiger partial charge in [0, 0.05) is 6.42 Å². The molecule has 0 spiro atoms. The number of esters is 1. The molecule has 0 bridgehead atoms. The Kier molecular flexibility index (Phi) is 12.9. The third-order valence-electron chi connectivity index (χ3n) is 4.09. The van der Waals surface area contributed by atoms with Crippen LogP contribution >= 0.6 is 0 Å². The van der Waals surface area contributed by atoms with Crippen LogP contribution in [0.3, 0.4) is 0 Å². The molecular weight excluding hydrogens is 300 g/mol. The van der Waals surface area contributed by atoms with Crippen LogP contribution in [0.5, 0.6) is 5.75 Å². The molecule has 1 aromatic carbocycles. The molecule has 24 heavy (non-hydrogen) atoms. The largest absolute Gasteiger partial charge is 0.490 e. The minimum absolute atomic E-state index is 0.105. The van der Waals surface area contributed by atoms with Crippen molar-refractivity contribution in [3.63, 3.8) is 0 Å². The van der Waals surface area contributed by atoms with Crippen LogP contribution in [0.4, 0.5) is 0 Å². The van der Waals surface area contributed by atoms with Gasteiger partial charge in [-0.3, -0.25) is 4.79 Å². The molecular formula is C21H34O3. The van der Waals surface area contributed by atoms with E-state index in [0.717, 1.165) is 18.6 Å². The molecule has 0 saturated carbocycles. The summed E-state index contributed by atoms with van der Waals surface area (Å²) < 4.78 is 10.7. The summed E-state index contributed by atoms with van der Waals surface area (Å²) in [5.74, 6) is 0.703. The second-order valence-electron chi connectivity index (χ2n) is 6.31. The summed E-state index contributed by atoms with van der Waals surface area (Å²) in [6.07, 6.45) is 13.3. The molecule has 0 aromatic heterocycles. The van der Waals surface area contributed by atoms with E-state index < -0.39 is 0 Å². The van der Waals surface area contributed by atoms with Crippen molar-refractivity contribution in [3.8, 4) is 5.75 Å². The van der Waals surface area contributed by atoms with Crippen LogP contribution in [0.2, 0.25) is 0 Å². The lowest BCUT2D eigenvalue weighted by molar-refractivity contribution is -0.144. The topological polar surface area (TPSA) is 35.5 Å². The lowest BCUT2D eigenvalue weighted by Gasteiger charge is -2.07. The van der Waals surface area contributed by atoms with E-state index in [0.29, 0.717) is 19.6 Å². The van der Waals surface area contributed by atoms with E-state index in [4.69, 9.17) is 9.47 Å². The standard InChI is InChI=1S/C21H34O3/c1-2-3-4-5-6-7-8-9-10-14-17-21(22)24-19-18-23-20-15-12-11-13-16-20/h11-13,15-16H,2-10,14,17-19H2,1H3. The van der Waals surface area contributed by atoms with Gasteiger partial charge in [-0.25, -0.2) is 0 Å². The molecule has 0 saturated heterocycles. The van der Waals surface area contributed by atoms with Crippen LogP contribution in [0.1, 0.15) is 77.6 Å². The summed E-state index contributed by atoms with van der Waals surface area (Å²) >= 11 is 0. The highest BCUT2D eigenvalue weighted by Gasteiger charge is 2.02. The van der Waals surface area contributed by atoms with Crippen LogP contribution in [0.25, 0.3) is 0 Å². The SMILES string of the molecule is CCCCCCCCCCCCC(=O)OCCOc1ccccc1. The molecule has 0 amide bonds. The molecule has 1 rings (SSSR count). The van der Waals surface area contributed by atoms with E-state index in [1.165, 1.54) is 51.4 Å². The first kappa shape index (κ1) is 20.5. The highest BCUT2D eigenvalue weighted by atomic mass is 16.6. The van der Waals surface area contributed by atoms with Gasteiger partial charge in [0.1, 0.15) is 19.0 Å². The number of para-hydroxylation sites is 1. The van der Waals surface area contributed by atoms with Gasteiger partial charge in [0.25, 0.3) is 0 Å². The third kappa shape index (κ3) is 12.0. The minimum atomic E-state index is -0.105. The highest BCUT2D eigenvalue weighted by Crippen LogP contribution is 2.11. The monoisotopic (exact) mass is 334 g/mol. The maximum Gasteiger partial charge on any atom is 0.305 e. The summed E-state index contributed by atoms with van der Waals surface area (Å²) in [6, 6.07) is 9.58. The molecule has 0 aliphatic heterocycles. The lowest BCUT2D eigenvalue weighted by atomic mass is 10.1. The summed E-state index contributed by atoms with van der Waals surface area (Å²) in [4.78, 5) is 11.6. The van der Waals surface area contributed by atoms with E-state index in [1.807, 2.05) is 30.3 Å². The Balaban J connectivity index is 1.83. The zero-order valence-electron chi connectivity index (χ0n) is 15.3. The van der Waals surface area contributed by atoms with Crippen LogP contribution < -0.4 is 4.74 Å². The molecule has 136 valence electrons. The average molecular weight is 334 g/mol. The number of hydrogen-bond acceptors (Lipinski definition) is 3. The zero-order valence-corrected chi connectivity index (χ0v) is 15.3. The Hall–Kier alpha value is -1.51. The van der Waals surface area contributed by atoms with Crippen molar-refractivity contribution < 1.29 is 14.3 Å². The van der Waals surface area contributed by atoms with E-state index in [-0.39, 0.29) is 5.97 Å². The van der Waals surface area contributed by atoms with E-state index in [2.05, 4.69) is 6.92 Å². The van der Waals surface area contributed by atoms with Crippen molar-refractivity contribution in [1.29, 1.82) is 0 Å². The minimum Gasteiger partial charge on any atom is -0.490 e. The van der Waals surface area contributed by atoms with Gasteiger partial charge in [-0.05, 0) is 18.6 Å². The van der Waals surface area contributed by atoms with Crippen molar-refractivity contribution in [1.82, 2.24) is 0 Å². The molecule has 1 aromatic rings. The molecule has 0 heterocycles. The fourth-order valence-electron chi connectivity index (χ4n) is 2.66. The second-order valence-corrected chi connectivity index (χ2v) is 6.31. The maximum absolute atomic E-state index is 11.6. The fourth-order valence-corrected chi connectivity index (χ4v) is 2.66. The Labute approximate surface area is 147 Å². The van der Waals surface area contributed by atoms with Crippen LogP contribution in [-0.4, -0.2) is 19.2 Å². The number of carbonyl (C=O) groups excluding carboxylic acids is 1. The number of ether oxygens (including phenoxy) is 2. The molecule has 3 heteroatoms. The highest BCUT2D eigenvalue weighted by molar-refractivity contribution is 5.69. The number of carbonyl (C=O) groups is 1. The summed E-state index contributed by atoms with van der Waals surface area (Å²) in [6.45, 7) is 2.99. The normalized spacial score (nSPS) is 10.5. The molecule has 0 aliphatic rings. The second kappa shape index (κ2) is 15.0. The number of unbranched alkanes of at least 4 members (excludes halogenated alkanes) is 9. The molecule has 0 N–H and O–H groups in total. The Morgan fingerprint density at radius 1 is 0.792 bits per heavy atom. The van der Waals surface area contributed by atoms with Gasteiger partial charge in [-0.15, -0.1) is 0 Å². The summed E-state index contributed by atoms with van der Waals surface area (Å²) in [5.41, 5.74) is 0. The third-order valence-corrected chi connectivity index (χ3v) is 4.09. The van der Waals surface area contributed by atoms with E-state index in [1.54, 1.807) is 0 Å². The quantitative estimate of drug-likeness (QED) is 0.295. The molecule has 3 nitrogen and oxygen atoms in total. The number of rotatable bonds is 15. The van der Waals surface area contributed by atoms with Gasteiger partial charge in [-0.2, -0.15) is 0 Å². The van der Waals surface area contributed by atoms with Gasteiger partial charge in [0.2, 0.25) is 0 Å². The lowest BCUT2D eigenvalue weighted by Crippen LogP contribution is -2.11. The number of benzene rings is 1. The van der Waals surface area contributed by atoms with Crippen LogP contribution in [0.15, 0.2) is 30.3 Å². The predicted molar refractivity (Wildman–Crippen MR) is 99.4 cm³/mol. The van der Waals surface area contributed by atoms with Crippen molar-refractivity contribution in [2.45, 2.75) is 77.6 Å². The van der Waals surface area contributed by atoms with Crippen molar-refractivity contribution in [2.75, 3.05) is 13.2 Å². The van der Waals surface area contributed by atoms with Crippen molar-refractivity contribution in [3.05, 3.63) is 30.3 Å². The predicted octanol–water partition coefficient (Wildman–Crippen LogP) is 5.92.